The zero-order valence-corrected chi connectivity index (χ0v) is 11.9. The molecule has 1 amide bonds. The molecule has 1 N–H and O–H groups in total. The number of benzene rings is 1. The summed E-state index contributed by atoms with van der Waals surface area (Å²) in [5, 5.41) is 5.83. The first kappa shape index (κ1) is 13.3. The van der Waals surface area contributed by atoms with Gasteiger partial charge in [-0.15, -0.1) is 11.3 Å². The number of hydrogen-bond donors (Lipinski definition) is 1. The molecule has 0 bridgehead atoms. The van der Waals surface area contributed by atoms with Crippen LogP contribution < -0.4 is 5.32 Å². The van der Waals surface area contributed by atoms with Crippen molar-refractivity contribution in [1.82, 2.24) is 10.3 Å². The maximum absolute atomic E-state index is 12.0. The van der Waals surface area contributed by atoms with Gasteiger partial charge in [0.15, 0.2) is 0 Å². The van der Waals surface area contributed by atoms with Gasteiger partial charge in [-0.2, -0.15) is 0 Å². The Morgan fingerprint density at radius 2 is 2.25 bits per heavy atom. The Bertz CT molecular complexity index is 560. The van der Waals surface area contributed by atoms with Gasteiger partial charge in [0.05, 0.1) is 6.10 Å². The van der Waals surface area contributed by atoms with Gasteiger partial charge in [-0.05, 0) is 25.0 Å². The molecule has 1 aromatic carbocycles. The van der Waals surface area contributed by atoms with Gasteiger partial charge in [0.1, 0.15) is 5.01 Å². The zero-order chi connectivity index (χ0) is 13.8. The number of carbonyl (C=O) groups excluding carboxylic acids is 1. The van der Waals surface area contributed by atoms with Crippen LogP contribution in [-0.4, -0.2) is 30.1 Å². The standard InChI is InChI=1S/C15H16N2O2S/c18-14(17-10-13-2-1-8-19-13)11-3-5-12(6-4-11)15-16-7-9-20-15/h3-7,9,13H,1-2,8,10H2,(H,17,18). The normalized spacial score (nSPS) is 18.1. The highest BCUT2D eigenvalue weighted by atomic mass is 32.1. The molecule has 20 heavy (non-hydrogen) atoms. The lowest BCUT2D eigenvalue weighted by Gasteiger charge is -2.10. The van der Waals surface area contributed by atoms with E-state index in [1.165, 1.54) is 0 Å². The second-order valence-electron chi connectivity index (χ2n) is 4.76. The number of thiazole rings is 1. The summed E-state index contributed by atoms with van der Waals surface area (Å²) in [4.78, 5) is 16.3. The lowest BCUT2D eigenvalue weighted by atomic mass is 10.1. The Morgan fingerprint density at radius 1 is 1.40 bits per heavy atom. The Balaban J connectivity index is 1.60. The van der Waals surface area contributed by atoms with E-state index in [-0.39, 0.29) is 12.0 Å². The molecule has 4 nitrogen and oxygen atoms in total. The van der Waals surface area contributed by atoms with Gasteiger partial charge >= 0.3 is 0 Å². The van der Waals surface area contributed by atoms with Crippen LogP contribution >= 0.6 is 11.3 Å². The summed E-state index contributed by atoms with van der Waals surface area (Å²) >= 11 is 1.59. The summed E-state index contributed by atoms with van der Waals surface area (Å²) in [6.07, 6.45) is 4.07. The van der Waals surface area contributed by atoms with E-state index in [2.05, 4.69) is 10.3 Å². The predicted octanol–water partition coefficient (Wildman–Crippen LogP) is 2.72. The zero-order valence-electron chi connectivity index (χ0n) is 11.0. The smallest absolute Gasteiger partial charge is 0.251 e. The van der Waals surface area contributed by atoms with E-state index in [0.717, 1.165) is 30.0 Å². The third-order valence-corrected chi connectivity index (χ3v) is 4.16. The van der Waals surface area contributed by atoms with Crippen molar-refractivity contribution in [2.24, 2.45) is 0 Å². The molecule has 104 valence electrons. The van der Waals surface area contributed by atoms with Crippen molar-refractivity contribution in [2.75, 3.05) is 13.2 Å². The molecule has 1 fully saturated rings. The highest BCUT2D eigenvalue weighted by Crippen LogP contribution is 2.21. The number of carbonyl (C=O) groups is 1. The summed E-state index contributed by atoms with van der Waals surface area (Å²) < 4.78 is 5.49. The first-order valence-electron chi connectivity index (χ1n) is 6.72. The van der Waals surface area contributed by atoms with Crippen LogP contribution in [0.1, 0.15) is 23.2 Å². The molecule has 5 heteroatoms. The fourth-order valence-corrected chi connectivity index (χ4v) is 2.89. The number of rotatable bonds is 4. The quantitative estimate of drug-likeness (QED) is 0.941. The van der Waals surface area contributed by atoms with Crippen molar-refractivity contribution in [3.05, 3.63) is 41.4 Å². The summed E-state index contributed by atoms with van der Waals surface area (Å²) in [6.45, 7) is 1.40. The van der Waals surface area contributed by atoms with Crippen LogP contribution in [0.2, 0.25) is 0 Å². The van der Waals surface area contributed by atoms with E-state index >= 15 is 0 Å². The second kappa shape index (κ2) is 6.15. The lowest BCUT2D eigenvalue weighted by molar-refractivity contribution is 0.0858. The van der Waals surface area contributed by atoms with Gasteiger partial charge in [0, 0.05) is 35.9 Å². The van der Waals surface area contributed by atoms with Crippen molar-refractivity contribution in [2.45, 2.75) is 18.9 Å². The molecule has 0 aliphatic carbocycles. The molecule has 1 aliphatic rings. The van der Waals surface area contributed by atoms with Crippen molar-refractivity contribution in [1.29, 1.82) is 0 Å². The maximum Gasteiger partial charge on any atom is 0.251 e. The minimum Gasteiger partial charge on any atom is -0.376 e. The van der Waals surface area contributed by atoms with Gasteiger partial charge < -0.3 is 10.1 Å². The van der Waals surface area contributed by atoms with Crippen LogP contribution in [0.4, 0.5) is 0 Å². The van der Waals surface area contributed by atoms with Crippen LogP contribution in [0.15, 0.2) is 35.8 Å². The molecule has 2 aromatic rings. The average molecular weight is 288 g/mol. The number of ether oxygens (including phenoxy) is 1. The molecule has 0 saturated carbocycles. The predicted molar refractivity (Wildman–Crippen MR) is 78.9 cm³/mol. The number of aromatic nitrogens is 1. The third kappa shape index (κ3) is 3.05. The highest BCUT2D eigenvalue weighted by molar-refractivity contribution is 7.13. The number of nitrogens with one attached hydrogen (secondary N) is 1. The van der Waals surface area contributed by atoms with E-state index < -0.39 is 0 Å². The average Bonchev–Trinajstić information content (AvgIpc) is 3.18. The molecule has 1 saturated heterocycles. The Kier molecular flexibility index (Phi) is 4.08. The highest BCUT2D eigenvalue weighted by Gasteiger charge is 2.16. The van der Waals surface area contributed by atoms with Crippen LogP contribution in [0.5, 0.6) is 0 Å². The number of hydrogen-bond acceptors (Lipinski definition) is 4. The van der Waals surface area contributed by atoms with E-state index in [1.807, 2.05) is 29.6 Å². The molecule has 1 atom stereocenters. The van der Waals surface area contributed by atoms with Gasteiger partial charge in [0.2, 0.25) is 0 Å². The Morgan fingerprint density at radius 3 is 2.90 bits per heavy atom. The molecule has 0 spiro atoms. The minimum absolute atomic E-state index is 0.0498. The van der Waals surface area contributed by atoms with Gasteiger partial charge in [-0.3, -0.25) is 4.79 Å². The van der Waals surface area contributed by atoms with Crippen molar-refractivity contribution in [3.63, 3.8) is 0 Å². The molecular weight excluding hydrogens is 272 g/mol. The van der Waals surface area contributed by atoms with Crippen LogP contribution in [0, 0.1) is 0 Å². The summed E-state index contributed by atoms with van der Waals surface area (Å²) in [6, 6.07) is 7.53. The SMILES string of the molecule is O=C(NCC1CCCO1)c1ccc(-c2nccs2)cc1. The summed E-state index contributed by atoms with van der Waals surface area (Å²) in [5.41, 5.74) is 1.71. The van der Waals surface area contributed by atoms with Crippen molar-refractivity contribution < 1.29 is 9.53 Å². The topological polar surface area (TPSA) is 51.2 Å². The van der Waals surface area contributed by atoms with Crippen LogP contribution in [-0.2, 0) is 4.74 Å². The fourth-order valence-electron chi connectivity index (χ4n) is 2.24. The monoisotopic (exact) mass is 288 g/mol. The van der Waals surface area contributed by atoms with Gasteiger partial charge in [-0.25, -0.2) is 4.98 Å². The number of nitrogens with zero attached hydrogens (tertiary/aromatic N) is 1. The van der Waals surface area contributed by atoms with E-state index in [4.69, 9.17) is 4.74 Å². The molecule has 1 aromatic heterocycles. The molecule has 1 aliphatic heterocycles. The number of amides is 1. The third-order valence-electron chi connectivity index (χ3n) is 3.34. The van der Waals surface area contributed by atoms with Gasteiger partial charge in [-0.1, -0.05) is 12.1 Å². The molecule has 2 heterocycles. The van der Waals surface area contributed by atoms with Crippen molar-refractivity contribution >= 4 is 17.2 Å². The van der Waals surface area contributed by atoms with E-state index in [1.54, 1.807) is 17.5 Å². The van der Waals surface area contributed by atoms with Gasteiger partial charge in [0.25, 0.3) is 5.91 Å². The van der Waals surface area contributed by atoms with Crippen LogP contribution in [0.25, 0.3) is 10.6 Å². The van der Waals surface area contributed by atoms with E-state index in [9.17, 15) is 4.79 Å². The van der Waals surface area contributed by atoms with Crippen LogP contribution in [0.3, 0.4) is 0 Å². The Labute approximate surface area is 121 Å². The maximum atomic E-state index is 12.0. The molecule has 3 rings (SSSR count). The molecule has 0 radical (unpaired) electrons. The van der Waals surface area contributed by atoms with Crippen molar-refractivity contribution in [3.8, 4) is 10.6 Å². The summed E-state index contributed by atoms with van der Waals surface area (Å²) in [5.74, 6) is -0.0498. The second-order valence-corrected chi connectivity index (χ2v) is 5.65. The summed E-state index contributed by atoms with van der Waals surface area (Å²) in [7, 11) is 0. The Hall–Kier alpha value is -1.72. The first-order chi connectivity index (χ1) is 9.83. The first-order valence-corrected chi connectivity index (χ1v) is 7.60. The minimum atomic E-state index is -0.0498. The fraction of sp³-hybridized carbons (Fsp3) is 0.333. The van der Waals surface area contributed by atoms with E-state index in [0.29, 0.717) is 12.1 Å². The largest absolute Gasteiger partial charge is 0.376 e. The molecular formula is C15H16N2O2S. The molecule has 1 unspecified atom stereocenters. The lowest BCUT2D eigenvalue weighted by Crippen LogP contribution is -2.31.